The monoisotopic (exact) mass is 355 g/mol. The lowest BCUT2D eigenvalue weighted by Gasteiger charge is -2.09. The number of hydrogen-bond acceptors (Lipinski definition) is 5. The number of nitrogens with one attached hydrogen (secondary N) is 1. The normalized spacial score (nSPS) is 10.3. The van der Waals surface area contributed by atoms with Crippen LogP contribution in [0.25, 0.3) is 0 Å². The van der Waals surface area contributed by atoms with E-state index in [1.54, 1.807) is 54.6 Å². The van der Waals surface area contributed by atoms with Crippen LogP contribution in [0.4, 0.5) is 0 Å². The molecular formula is C20H21NO5. The minimum Gasteiger partial charge on any atom is -0.493 e. The van der Waals surface area contributed by atoms with Crippen LogP contribution in [0.2, 0.25) is 0 Å². The van der Waals surface area contributed by atoms with Gasteiger partial charge in [-0.1, -0.05) is 32.0 Å². The highest BCUT2D eigenvalue weighted by Gasteiger charge is 2.13. The Morgan fingerprint density at radius 1 is 0.923 bits per heavy atom. The van der Waals surface area contributed by atoms with Crippen molar-refractivity contribution in [2.75, 3.05) is 13.2 Å². The molecule has 0 aromatic heterocycles. The van der Waals surface area contributed by atoms with Crippen molar-refractivity contribution in [3.05, 3.63) is 65.7 Å². The van der Waals surface area contributed by atoms with Gasteiger partial charge in [-0.05, 0) is 42.3 Å². The van der Waals surface area contributed by atoms with Crippen molar-refractivity contribution in [2.24, 2.45) is 5.92 Å². The average molecular weight is 355 g/mol. The summed E-state index contributed by atoms with van der Waals surface area (Å²) in [6.45, 7) is 4.13. The minimum absolute atomic E-state index is 0.295. The first kappa shape index (κ1) is 19.2. The fourth-order valence-corrected chi connectivity index (χ4v) is 1.99. The van der Waals surface area contributed by atoms with E-state index in [1.165, 1.54) is 0 Å². The molecule has 0 saturated heterocycles. The Morgan fingerprint density at radius 3 is 2.19 bits per heavy atom. The third-order valence-corrected chi connectivity index (χ3v) is 3.30. The zero-order chi connectivity index (χ0) is 18.9. The molecule has 136 valence electrons. The van der Waals surface area contributed by atoms with Crippen molar-refractivity contribution >= 4 is 17.8 Å². The van der Waals surface area contributed by atoms with E-state index in [0.29, 0.717) is 29.4 Å². The van der Waals surface area contributed by atoms with Crippen LogP contribution < -0.4 is 10.1 Å². The van der Waals surface area contributed by atoms with Gasteiger partial charge in [0.05, 0.1) is 12.2 Å². The zero-order valence-corrected chi connectivity index (χ0v) is 14.7. The smallest absolute Gasteiger partial charge is 0.338 e. The SMILES string of the molecule is CC(C)COc1ccc(C(=O)OCC(=O)NC(=O)c2ccccc2)cc1. The zero-order valence-electron chi connectivity index (χ0n) is 14.7. The number of hydrogen-bond donors (Lipinski definition) is 1. The van der Waals surface area contributed by atoms with Gasteiger partial charge in [0.15, 0.2) is 6.61 Å². The molecule has 0 aliphatic rings. The Morgan fingerprint density at radius 2 is 1.58 bits per heavy atom. The number of esters is 1. The van der Waals surface area contributed by atoms with Gasteiger partial charge in [-0.25, -0.2) is 4.79 Å². The fourth-order valence-electron chi connectivity index (χ4n) is 1.99. The third-order valence-electron chi connectivity index (χ3n) is 3.30. The molecule has 6 heteroatoms. The molecule has 0 bridgehead atoms. The van der Waals surface area contributed by atoms with Crippen LogP contribution in [0.1, 0.15) is 34.6 Å². The van der Waals surface area contributed by atoms with E-state index in [9.17, 15) is 14.4 Å². The summed E-state index contributed by atoms with van der Waals surface area (Å²) in [5.41, 5.74) is 0.647. The molecule has 2 rings (SSSR count). The number of rotatable bonds is 7. The Bertz CT molecular complexity index is 754. The summed E-state index contributed by atoms with van der Waals surface area (Å²) < 4.78 is 10.5. The van der Waals surface area contributed by atoms with E-state index in [4.69, 9.17) is 9.47 Å². The van der Waals surface area contributed by atoms with E-state index in [2.05, 4.69) is 5.32 Å². The van der Waals surface area contributed by atoms with Crippen LogP contribution in [-0.2, 0) is 9.53 Å². The lowest BCUT2D eigenvalue weighted by atomic mass is 10.2. The summed E-state index contributed by atoms with van der Waals surface area (Å²) >= 11 is 0. The van der Waals surface area contributed by atoms with Crippen LogP contribution in [0.3, 0.4) is 0 Å². The highest BCUT2D eigenvalue weighted by atomic mass is 16.5. The molecule has 0 atom stereocenters. The van der Waals surface area contributed by atoms with E-state index >= 15 is 0 Å². The van der Waals surface area contributed by atoms with Crippen molar-refractivity contribution in [1.82, 2.24) is 5.32 Å². The lowest BCUT2D eigenvalue weighted by molar-refractivity contribution is -0.123. The van der Waals surface area contributed by atoms with Gasteiger partial charge in [-0.2, -0.15) is 0 Å². The summed E-state index contributed by atoms with van der Waals surface area (Å²) in [5.74, 6) is -0.830. The summed E-state index contributed by atoms with van der Waals surface area (Å²) in [7, 11) is 0. The van der Waals surface area contributed by atoms with Crippen LogP contribution >= 0.6 is 0 Å². The second kappa shape index (κ2) is 9.36. The van der Waals surface area contributed by atoms with E-state index in [1.807, 2.05) is 13.8 Å². The molecule has 0 aliphatic heterocycles. The molecular weight excluding hydrogens is 334 g/mol. The van der Waals surface area contributed by atoms with E-state index < -0.39 is 24.4 Å². The number of amides is 2. The summed E-state index contributed by atoms with van der Waals surface area (Å²) in [6, 6.07) is 14.8. The van der Waals surface area contributed by atoms with E-state index in [0.717, 1.165) is 0 Å². The summed E-state index contributed by atoms with van der Waals surface area (Å²) in [5, 5.41) is 2.16. The highest BCUT2D eigenvalue weighted by Crippen LogP contribution is 2.14. The van der Waals surface area contributed by atoms with Gasteiger partial charge < -0.3 is 9.47 Å². The molecule has 0 spiro atoms. The minimum atomic E-state index is -0.691. The predicted molar refractivity (Wildman–Crippen MR) is 96.0 cm³/mol. The van der Waals surface area contributed by atoms with Crippen LogP contribution in [0.15, 0.2) is 54.6 Å². The standard InChI is InChI=1S/C20H21NO5/c1-14(2)12-25-17-10-8-16(9-11-17)20(24)26-13-18(22)21-19(23)15-6-4-3-5-7-15/h3-11,14H,12-13H2,1-2H3,(H,21,22,23). The molecule has 0 fully saturated rings. The van der Waals surface area contributed by atoms with E-state index in [-0.39, 0.29) is 0 Å². The first-order valence-corrected chi connectivity index (χ1v) is 8.25. The quantitative estimate of drug-likeness (QED) is 0.773. The molecule has 26 heavy (non-hydrogen) atoms. The number of carbonyl (C=O) groups is 3. The maximum absolute atomic E-state index is 12.0. The first-order chi connectivity index (χ1) is 12.5. The van der Waals surface area contributed by atoms with Crippen molar-refractivity contribution < 1.29 is 23.9 Å². The largest absolute Gasteiger partial charge is 0.493 e. The van der Waals surface area contributed by atoms with Gasteiger partial charge in [0.25, 0.3) is 11.8 Å². The van der Waals surface area contributed by atoms with Crippen molar-refractivity contribution in [1.29, 1.82) is 0 Å². The van der Waals surface area contributed by atoms with Crippen molar-refractivity contribution in [3.8, 4) is 5.75 Å². The second-order valence-electron chi connectivity index (χ2n) is 6.05. The summed E-state index contributed by atoms with van der Waals surface area (Å²) in [6.07, 6.45) is 0. The maximum Gasteiger partial charge on any atom is 0.338 e. The third kappa shape index (κ3) is 6.05. The highest BCUT2D eigenvalue weighted by molar-refractivity contribution is 6.05. The van der Waals surface area contributed by atoms with Crippen molar-refractivity contribution in [2.45, 2.75) is 13.8 Å². The van der Waals surface area contributed by atoms with Crippen LogP contribution in [-0.4, -0.2) is 31.0 Å². The van der Waals surface area contributed by atoms with Gasteiger partial charge in [0.2, 0.25) is 0 Å². The molecule has 0 saturated carbocycles. The van der Waals surface area contributed by atoms with Gasteiger partial charge in [0.1, 0.15) is 5.75 Å². The number of imide groups is 1. The molecule has 0 radical (unpaired) electrons. The second-order valence-corrected chi connectivity index (χ2v) is 6.05. The number of benzene rings is 2. The summed E-state index contributed by atoms with van der Waals surface area (Å²) in [4.78, 5) is 35.5. The molecule has 6 nitrogen and oxygen atoms in total. The van der Waals surface area contributed by atoms with Crippen LogP contribution in [0.5, 0.6) is 5.75 Å². The molecule has 0 heterocycles. The number of carbonyl (C=O) groups excluding carboxylic acids is 3. The fraction of sp³-hybridized carbons (Fsp3) is 0.250. The lowest BCUT2D eigenvalue weighted by Crippen LogP contribution is -2.34. The Balaban J connectivity index is 1.80. The number of ether oxygens (including phenoxy) is 2. The average Bonchev–Trinajstić information content (AvgIpc) is 2.65. The Hall–Kier alpha value is -3.15. The molecule has 0 aliphatic carbocycles. The van der Waals surface area contributed by atoms with Gasteiger partial charge in [-0.3, -0.25) is 14.9 Å². The van der Waals surface area contributed by atoms with Crippen molar-refractivity contribution in [3.63, 3.8) is 0 Å². The first-order valence-electron chi connectivity index (χ1n) is 8.25. The van der Waals surface area contributed by atoms with Gasteiger partial charge >= 0.3 is 5.97 Å². The molecule has 1 N–H and O–H groups in total. The van der Waals surface area contributed by atoms with Gasteiger partial charge in [0, 0.05) is 5.56 Å². The molecule has 2 aromatic carbocycles. The predicted octanol–water partition coefficient (Wildman–Crippen LogP) is 2.83. The van der Waals surface area contributed by atoms with Crippen LogP contribution in [0, 0.1) is 5.92 Å². The van der Waals surface area contributed by atoms with Gasteiger partial charge in [-0.15, -0.1) is 0 Å². The molecule has 2 amide bonds. The Kier molecular flexibility index (Phi) is 6.91. The molecule has 0 unspecified atom stereocenters. The molecule has 2 aromatic rings. The topological polar surface area (TPSA) is 81.7 Å². The Labute approximate surface area is 152 Å². The maximum atomic E-state index is 12.0.